The Kier molecular flexibility index (Phi) is 4.16. The maximum atomic E-state index is 13.1. The molecule has 0 spiro atoms. The molecule has 3 amide bonds. The molecule has 0 unspecified atom stereocenters. The standard InChI is InChI=1S/C20H20N4O2/c21-20(26)23-22-18-14-8-3-2-7-13(14)17-15(18)9-6-10-16(17)19(25)24-11-4-1-5-12-24/h2-3,6-10H,1,4-5,11-12H2,(H3,21,23,26)/b22-18-. The number of hydrogen-bond donors (Lipinski definition) is 2. The summed E-state index contributed by atoms with van der Waals surface area (Å²) in [5.74, 6) is 0.0560. The fourth-order valence-corrected chi connectivity index (χ4v) is 3.77. The SMILES string of the molecule is NC(=O)N/N=C1/c2ccccc2-c2c(C(=O)N3CCCCC3)cccc21. The van der Waals surface area contributed by atoms with E-state index in [1.807, 2.05) is 47.4 Å². The Bertz CT molecular complexity index is 914. The number of benzene rings is 2. The molecule has 1 saturated heterocycles. The number of likely N-dealkylation sites (tertiary alicyclic amines) is 1. The number of carbonyl (C=O) groups is 2. The molecule has 26 heavy (non-hydrogen) atoms. The molecule has 6 heteroatoms. The third kappa shape index (κ3) is 2.73. The summed E-state index contributed by atoms with van der Waals surface area (Å²) in [7, 11) is 0. The van der Waals surface area contributed by atoms with Crippen LogP contribution in [0.4, 0.5) is 4.79 Å². The van der Waals surface area contributed by atoms with Gasteiger partial charge in [0.1, 0.15) is 0 Å². The monoisotopic (exact) mass is 348 g/mol. The minimum atomic E-state index is -0.719. The van der Waals surface area contributed by atoms with E-state index in [2.05, 4.69) is 10.5 Å². The second-order valence-electron chi connectivity index (χ2n) is 6.56. The number of fused-ring (bicyclic) bond motifs is 3. The maximum Gasteiger partial charge on any atom is 0.332 e. The van der Waals surface area contributed by atoms with E-state index in [9.17, 15) is 9.59 Å². The molecule has 0 bridgehead atoms. The summed E-state index contributed by atoms with van der Waals surface area (Å²) in [6.07, 6.45) is 3.27. The van der Waals surface area contributed by atoms with Crippen molar-refractivity contribution in [2.45, 2.75) is 19.3 Å². The van der Waals surface area contributed by atoms with Crippen molar-refractivity contribution in [1.29, 1.82) is 0 Å². The lowest BCUT2D eigenvalue weighted by atomic mass is 9.98. The van der Waals surface area contributed by atoms with Gasteiger partial charge in [-0.2, -0.15) is 5.10 Å². The van der Waals surface area contributed by atoms with Crippen LogP contribution >= 0.6 is 0 Å². The van der Waals surface area contributed by atoms with Crippen molar-refractivity contribution in [3.05, 3.63) is 59.2 Å². The fourth-order valence-electron chi connectivity index (χ4n) is 3.77. The number of nitrogens with zero attached hydrogens (tertiary/aromatic N) is 2. The molecule has 1 aliphatic carbocycles. The number of rotatable bonds is 2. The zero-order chi connectivity index (χ0) is 18.1. The Morgan fingerprint density at radius 3 is 2.35 bits per heavy atom. The first-order chi connectivity index (χ1) is 12.7. The molecule has 1 heterocycles. The van der Waals surface area contributed by atoms with Crippen molar-refractivity contribution in [1.82, 2.24) is 10.3 Å². The Hall–Kier alpha value is -3.15. The van der Waals surface area contributed by atoms with Gasteiger partial charge in [-0.1, -0.05) is 36.4 Å². The van der Waals surface area contributed by atoms with Gasteiger partial charge in [0.15, 0.2) is 0 Å². The molecule has 2 aromatic carbocycles. The van der Waals surface area contributed by atoms with Crippen molar-refractivity contribution < 1.29 is 9.59 Å². The number of amides is 3. The van der Waals surface area contributed by atoms with E-state index in [-0.39, 0.29) is 5.91 Å². The molecule has 0 atom stereocenters. The fraction of sp³-hybridized carbons (Fsp3) is 0.250. The van der Waals surface area contributed by atoms with Crippen LogP contribution in [-0.4, -0.2) is 35.6 Å². The zero-order valence-electron chi connectivity index (χ0n) is 14.4. The molecule has 0 aromatic heterocycles. The first-order valence-electron chi connectivity index (χ1n) is 8.82. The second kappa shape index (κ2) is 6.63. The topological polar surface area (TPSA) is 87.8 Å². The van der Waals surface area contributed by atoms with E-state index >= 15 is 0 Å². The third-order valence-corrected chi connectivity index (χ3v) is 4.92. The van der Waals surface area contributed by atoms with Crippen LogP contribution in [0.15, 0.2) is 47.6 Å². The number of urea groups is 1. The summed E-state index contributed by atoms with van der Waals surface area (Å²) in [5, 5.41) is 4.19. The molecular weight excluding hydrogens is 328 g/mol. The lowest BCUT2D eigenvalue weighted by Crippen LogP contribution is -2.35. The Morgan fingerprint density at radius 1 is 0.923 bits per heavy atom. The highest BCUT2D eigenvalue weighted by Gasteiger charge is 2.30. The van der Waals surface area contributed by atoms with Gasteiger partial charge >= 0.3 is 6.03 Å². The van der Waals surface area contributed by atoms with Gasteiger partial charge in [0, 0.05) is 35.3 Å². The lowest BCUT2D eigenvalue weighted by Gasteiger charge is -2.27. The van der Waals surface area contributed by atoms with Crippen molar-refractivity contribution in [3.8, 4) is 11.1 Å². The second-order valence-corrected chi connectivity index (χ2v) is 6.56. The van der Waals surface area contributed by atoms with Crippen LogP contribution in [-0.2, 0) is 0 Å². The van der Waals surface area contributed by atoms with Crippen LogP contribution < -0.4 is 11.2 Å². The van der Waals surface area contributed by atoms with E-state index in [0.717, 1.165) is 48.2 Å². The minimum absolute atomic E-state index is 0.0560. The minimum Gasteiger partial charge on any atom is -0.350 e. The number of nitrogens with two attached hydrogens (primary N) is 1. The van der Waals surface area contributed by atoms with Gasteiger partial charge in [-0.15, -0.1) is 0 Å². The summed E-state index contributed by atoms with van der Waals surface area (Å²) in [4.78, 5) is 26.2. The summed E-state index contributed by atoms with van der Waals surface area (Å²) in [6.45, 7) is 1.60. The average Bonchev–Trinajstić information content (AvgIpc) is 3.00. The molecule has 0 saturated carbocycles. The van der Waals surface area contributed by atoms with Crippen molar-refractivity contribution >= 4 is 17.6 Å². The highest BCUT2D eigenvalue weighted by atomic mass is 16.2. The molecule has 1 fully saturated rings. The maximum absolute atomic E-state index is 13.1. The Balaban J connectivity index is 1.84. The molecule has 3 N–H and O–H groups in total. The number of carbonyl (C=O) groups excluding carboxylic acids is 2. The van der Waals surface area contributed by atoms with Gasteiger partial charge in [-0.3, -0.25) is 4.79 Å². The van der Waals surface area contributed by atoms with Crippen molar-refractivity contribution in [2.24, 2.45) is 10.8 Å². The summed E-state index contributed by atoms with van der Waals surface area (Å²) in [5.41, 5.74) is 12.3. The molecule has 1 aliphatic heterocycles. The predicted molar refractivity (Wildman–Crippen MR) is 100.0 cm³/mol. The van der Waals surface area contributed by atoms with E-state index in [0.29, 0.717) is 11.3 Å². The van der Waals surface area contributed by atoms with Crippen LogP contribution in [0.5, 0.6) is 0 Å². The van der Waals surface area contributed by atoms with E-state index in [1.54, 1.807) is 0 Å². The summed E-state index contributed by atoms with van der Waals surface area (Å²) < 4.78 is 0. The summed E-state index contributed by atoms with van der Waals surface area (Å²) in [6, 6.07) is 12.7. The number of primary amides is 1. The van der Waals surface area contributed by atoms with Gasteiger partial charge in [-0.05, 0) is 30.9 Å². The van der Waals surface area contributed by atoms with Gasteiger partial charge in [0.25, 0.3) is 5.91 Å². The Morgan fingerprint density at radius 2 is 1.62 bits per heavy atom. The number of piperidine rings is 1. The molecule has 2 aliphatic rings. The molecule has 6 nitrogen and oxygen atoms in total. The quantitative estimate of drug-likeness (QED) is 0.698. The van der Waals surface area contributed by atoms with Crippen LogP contribution in [0.2, 0.25) is 0 Å². The third-order valence-electron chi connectivity index (χ3n) is 4.92. The number of nitrogens with one attached hydrogen (secondary N) is 1. The summed E-state index contributed by atoms with van der Waals surface area (Å²) >= 11 is 0. The normalized spacial score (nSPS) is 16.9. The highest BCUT2D eigenvalue weighted by Crippen LogP contribution is 2.39. The Labute approximate surface area is 151 Å². The van der Waals surface area contributed by atoms with Crippen molar-refractivity contribution in [3.63, 3.8) is 0 Å². The van der Waals surface area contributed by atoms with Crippen LogP contribution in [0, 0.1) is 0 Å². The largest absolute Gasteiger partial charge is 0.350 e. The molecule has 4 rings (SSSR count). The number of hydrogen-bond acceptors (Lipinski definition) is 3. The molecule has 0 radical (unpaired) electrons. The van der Waals surface area contributed by atoms with E-state index in [4.69, 9.17) is 5.73 Å². The zero-order valence-corrected chi connectivity index (χ0v) is 14.4. The van der Waals surface area contributed by atoms with Crippen LogP contribution in [0.1, 0.15) is 40.7 Å². The molecule has 132 valence electrons. The smallest absolute Gasteiger partial charge is 0.332 e. The van der Waals surface area contributed by atoms with E-state index in [1.165, 1.54) is 6.42 Å². The molecule has 2 aromatic rings. The van der Waals surface area contributed by atoms with E-state index < -0.39 is 6.03 Å². The first kappa shape index (κ1) is 16.3. The van der Waals surface area contributed by atoms with Gasteiger partial charge in [0.2, 0.25) is 0 Å². The van der Waals surface area contributed by atoms with Crippen molar-refractivity contribution in [2.75, 3.05) is 13.1 Å². The predicted octanol–water partition coefficient (Wildman–Crippen LogP) is 2.71. The van der Waals surface area contributed by atoms with Gasteiger partial charge in [-0.25, -0.2) is 10.2 Å². The van der Waals surface area contributed by atoms with Crippen LogP contribution in [0.3, 0.4) is 0 Å². The van der Waals surface area contributed by atoms with Gasteiger partial charge in [0.05, 0.1) is 5.71 Å². The number of hydrazone groups is 1. The highest BCUT2D eigenvalue weighted by molar-refractivity contribution is 6.27. The van der Waals surface area contributed by atoms with Gasteiger partial charge < -0.3 is 10.6 Å². The van der Waals surface area contributed by atoms with Crippen LogP contribution in [0.25, 0.3) is 11.1 Å². The first-order valence-corrected chi connectivity index (χ1v) is 8.82. The lowest BCUT2D eigenvalue weighted by molar-refractivity contribution is 0.0725. The average molecular weight is 348 g/mol. The molecular formula is C20H20N4O2.